The largest absolute Gasteiger partial charge is 0.490 e. The van der Waals surface area contributed by atoms with E-state index in [0.29, 0.717) is 40.3 Å². The molecule has 1 N–H and O–H groups in total. The Morgan fingerprint density at radius 1 is 1.09 bits per heavy atom. The molecule has 180 valence electrons. The number of nitrogens with one attached hydrogen (secondary N) is 1. The lowest BCUT2D eigenvalue weighted by Crippen LogP contribution is -2.25. The van der Waals surface area contributed by atoms with Crippen LogP contribution in [0.5, 0.6) is 11.5 Å². The number of hydrogen-bond donors (Lipinski definition) is 1. The Morgan fingerprint density at radius 2 is 1.80 bits per heavy atom. The Bertz CT molecular complexity index is 1220. The zero-order chi connectivity index (χ0) is 25.0. The van der Waals surface area contributed by atoms with Crippen LogP contribution in [0.3, 0.4) is 0 Å². The normalized spacial score (nSPS) is 11.0. The molecule has 1 amide bonds. The molecule has 0 aliphatic heterocycles. The van der Waals surface area contributed by atoms with Gasteiger partial charge in [-0.1, -0.05) is 64.5 Å². The number of benzene rings is 3. The average Bonchev–Trinajstić information content (AvgIpc) is 2.87. The number of amides is 1. The van der Waals surface area contributed by atoms with Crippen molar-refractivity contribution in [3.05, 3.63) is 99.3 Å². The monoisotopic (exact) mass is 536 g/mol. The molecule has 3 rings (SSSR count). The maximum absolute atomic E-state index is 13.9. The van der Waals surface area contributed by atoms with Gasteiger partial charge in [0, 0.05) is 16.6 Å². The van der Waals surface area contributed by atoms with Gasteiger partial charge in [0.1, 0.15) is 24.1 Å². The molecular formula is C28H26BrFN2O3. The second-order valence-corrected chi connectivity index (χ2v) is 8.50. The molecule has 0 fully saturated rings. The molecule has 0 aromatic heterocycles. The van der Waals surface area contributed by atoms with Crippen LogP contribution in [0.4, 0.5) is 4.39 Å². The van der Waals surface area contributed by atoms with Gasteiger partial charge in [0.2, 0.25) is 0 Å². The molecule has 0 spiro atoms. The molecule has 0 bridgehead atoms. The number of carbonyl (C=O) groups is 1. The van der Waals surface area contributed by atoms with Gasteiger partial charge in [-0.2, -0.15) is 5.26 Å². The van der Waals surface area contributed by atoms with E-state index in [2.05, 4.69) is 21.2 Å². The maximum Gasteiger partial charge on any atom is 0.261 e. The summed E-state index contributed by atoms with van der Waals surface area (Å²) in [6.45, 7) is 2.71. The molecule has 35 heavy (non-hydrogen) atoms. The van der Waals surface area contributed by atoms with Crippen LogP contribution in [0.25, 0.3) is 6.08 Å². The summed E-state index contributed by atoms with van der Waals surface area (Å²) in [5.74, 6) is 0.0599. The van der Waals surface area contributed by atoms with Gasteiger partial charge in [-0.15, -0.1) is 0 Å². The quantitative estimate of drug-likeness (QED) is 0.179. The van der Waals surface area contributed by atoms with Crippen LogP contribution in [-0.2, 0) is 17.8 Å². The minimum atomic E-state index is -0.440. The summed E-state index contributed by atoms with van der Waals surface area (Å²) >= 11 is 3.47. The number of carbonyl (C=O) groups excluding carboxylic acids is 1. The fourth-order valence-corrected chi connectivity index (χ4v) is 3.79. The standard InChI is InChI=1S/C28H26BrFN2O3/c1-2-34-26-16-22(24(29)17-27(26)35-19-21-12-6-7-13-25(21)30)15-23(18-31)28(33)32-14-8-11-20-9-4-3-5-10-20/h3-7,9-10,12-13,15-17H,2,8,11,14,19H2,1H3,(H,32,33)/b23-15-. The molecule has 0 radical (unpaired) electrons. The number of halogens is 2. The minimum absolute atomic E-state index is 0.0205. The van der Waals surface area contributed by atoms with Crippen LogP contribution in [0.15, 0.2) is 76.8 Å². The molecule has 0 unspecified atom stereocenters. The molecule has 0 saturated carbocycles. The highest BCUT2D eigenvalue weighted by Gasteiger charge is 2.14. The lowest BCUT2D eigenvalue weighted by Gasteiger charge is -2.14. The molecule has 0 heterocycles. The van der Waals surface area contributed by atoms with Crippen molar-refractivity contribution in [3.63, 3.8) is 0 Å². The van der Waals surface area contributed by atoms with Crippen LogP contribution in [0, 0.1) is 17.1 Å². The zero-order valence-electron chi connectivity index (χ0n) is 19.4. The van der Waals surface area contributed by atoms with Crippen molar-refractivity contribution in [1.29, 1.82) is 5.26 Å². The molecule has 0 aliphatic rings. The number of nitriles is 1. The van der Waals surface area contributed by atoms with E-state index in [1.54, 1.807) is 30.3 Å². The number of aryl methyl sites for hydroxylation is 1. The van der Waals surface area contributed by atoms with Crippen molar-refractivity contribution in [3.8, 4) is 17.6 Å². The van der Waals surface area contributed by atoms with Crippen molar-refractivity contribution in [1.82, 2.24) is 5.32 Å². The van der Waals surface area contributed by atoms with E-state index in [0.717, 1.165) is 12.8 Å². The van der Waals surface area contributed by atoms with E-state index in [4.69, 9.17) is 9.47 Å². The molecule has 3 aromatic carbocycles. The van der Waals surface area contributed by atoms with Gasteiger partial charge >= 0.3 is 0 Å². The molecular weight excluding hydrogens is 511 g/mol. The van der Waals surface area contributed by atoms with Crippen molar-refractivity contribution >= 4 is 27.9 Å². The predicted octanol–water partition coefficient (Wildman–Crippen LogP) is 6.22. The van der Waals surface area contributed by atoms with Crippen LogP contribution in [-0.4, -0.2) is 19.1 Å². The maximum atomic E-state index is 13.9. The summed E-state index contributed by atoms with van der Waals surface area (Å²) in [7, 11) is 0. The fraction of sp³-hybridized carbons (Fsp3) is 0.214. The smallest absolute Gasteiger partial charge is 0.261 e. The molecule has 0 atom stereocenters. The third kappa shape index (κ3) is 7.69. The first-order valence-electron chi connectivity index (χ1n) is 11.3. The van der Waals surface area contributed by atoms with E-state index in [1.165, 1.54) is 17.7 Å². The van der Waals surface area contributed by atoms with Crippen molar-refractivity contribution in [2.24, 2.45) is 0 Å². The van der Waals surface area contributed by atoms with Crippen LogP contribution in [0.1, 0.15) is 30.0 Å². The van der Waals surface area contributed by atoms with Crippen molar-refractivity contribution in [2.75, 3.05) is 13.2 Å². The Morgan fingerprint density at radius 3 is 2.51 bits per heavy atom. The average molecular weight is 537 g/mol. The molecule has 0 saturated heterocycles. The van der Waals surface area contributed by atoms with Gasteiger partial charge in [0.05, 0.1) is 6.61 Å². The van der Waals surface area contributed by atoms with Gasteiger partial charge in [0.15, 0.2) is 11.5 Å². The van der Waals surface area contributed by atoms with E-state index in [-0.39, 0.29) is 18.0 Å². The van der Waals surface area contributed by atoms with Gasteiger partial charge in [-0.3, -0.25) is 4.79 Å². The third-order valence-corrected chi connectivity index (χ3v) is 5.83. The third-order valence-electron chi connectivity index (χ3n) is 5.14. The van der Waals surface area contributed by atoms with Gasteiger partial charge in [-0.25, -0.2) is 4.39 Å². The Labute approximate surface area is 213 Å². The second kappa shape index (κ2) is 13.3. The van der Waals surface area contributed by atoms with E-state index in [1.807, 2.05) is 43.3 Å². The molecule has 5 nitrogen and oxygen atoms in total. The zero-order valence-corrected chi connectivity index (χ0v) is 21.0. The summed E-state index contributed by atoms with van der Waals surface area (Å²) < 4.78 is 26.1. The molecule has 7 heteroatoms. The Hall–Kier alpha value is -3.63. The van der Waals surface area contributed by atoms with Crippen molar-refractivity contribution < 1.29 is 18.7 Å². The van der Waals surface area contributed by atoms with Gasteiger partial charge in [0.25, 0.3) is 5.91 Å². The highest BCUT2D eigenvalue weighted by atomic mass is 79.9. The summed E-state index contributed by atoms with van der Waals surface area (Å²) in [6, 6.07) is 21.7. The topological polar surface area (TPSA) is 71.3 Å². The van der Waals surface area contributed by atoms with E-state index < -0.39 is 5.91 Å². The number of nitrogens with zero attached hydrogens (tertiary/aromatic N) is 1. The highest BCUT2D eigenvalue weighted by molar-refractivity contribution is 9.10. The summed E-state index contributed by atoms with van der Waals surface area (Å²) in [5, 5.41) is 12.4. The number of ether oxygens (including phenoxy) is 2. The highest BCUT2D eigenvalue weighted by Crippen LogP contribution is 2.35. The van der Waals surface area contributed by atoms with Crippen LogP contribution in [0.2, 0.25) is 0 Å². The summed E-state index contributed by atoms with van der Waals surface area (Å²) in [5.41, 5.74) is 2.18. The predicted molar refractivity (Wildman–Crippen MR) is 137 cm³/mol. The van der Waals surface area contributed by atoms with Crippen LogP contribution < -0.4 is 14.8 Å². The lowest BCUT2D eigenvalue weighted by atomic mass is 10.1. The Balaban J connectivity index is 1.69. The van der Waals surface area contributed by atoms with Crippen molar-refractivity contribution in [2.45, 2.75) is 26.4 Å². The van der Waals surface area contributed by atoms with E-state index >= 15 is 0 Å². The van der Waals surface area contributed by atoms with Gasteiger partial charge in [-0.05, 0) is 55.2 Å². The first kappa shape index (κ1) is 26.0. The molecule has 3 aromatic rings. The van der Waals surface area contributed by atoms with Crippen LogP contribution >= 0.6 is 15.9 Å². The summed E-state index contributed by atoms with van der Waals surface area (Å²) in [4.78, 5) is 12.6. The summed E-state index contributed by atoms with van der Waals surface area (Å²) in [6.07, 6.45) is 3.10. The number of rotatable bonds is 11. The first-order valence-corrected chi connectivity index (χ1v) is 12.1. The first-order chi connectivity index (χ1) is 17.0. The fourth-order valence-electron chi connectivity index (χ4n) is 3.35. The molecule has 0 aliphatic carbocycles. The lowest BCUT2D eigenvalue weighted by molar-refractivity contribution is -0.117. The number of hydrogen-bond acceptors (Lipinski definition) is 4. The minimum Gasteiger partial charge on any atom is -0.490 e. The Kier molecular flexibility index (Phi) is 9.88. The second-order valence-electron chi connectivity index (χ2n) is 7.65. The van der Waals surface area contributed by atoms with Gasteiger partial charge < -0.3 is 14.8 Å². The van der Waals surface area contributed by atoms with E-state index in [9.17, 15) is 14.4 Å². The SMILES string of the molecule is CCOc1cc(/C=C(/C#N)C(=O)NCCCc2ccccc2)c(Br)cc1OCc1ccccc1F.